The van der Waals surface area contributed by atoms with Crippen LogP contribution in [0.5, 0.6) is 0 Å². The van der Waals surface area contributed by atoms with Gasteiger partial charge >= 0.3 is 0 Å². The third kappa shape index (κ3) is 2.56. The number of anilines is 1. The molecular formula is C10H13ClFN3. The molecule has 1 atom stereocenters. The van der Waals surface area contributed by atoms with Crippen LogP contribution in [0.2, 0.25) is 0 Å². The van der Waals surface area contributed by atoms with Crippen LogP contribution in [0.1, 0.15) is 12.8 Å². The van der Waals surface area contributed by atoms with Gasteiger partial charge in [-0.1, -0.05) is 0 Å². The SMILES string of the molecule is Fc1cnc(N2CCC(CCCl)C2)nc1. The van der Waals surface area contributed by atoms with E-state index < -0.39 is 5.82 Å². The van der Waals surface area contributed by atoms with E-state index in [1.807, 2.05) is 0 Å². The van der Waals surface area contributed by atoms with Gasteiger partial charge in [-0.25, -0.2) is 14.4 Å². The molecule has 1 aromatic rings. The fourth-order valence-electron chi connectivity index (χ4n) is 1.87. The lowest BCUT2D eigenvalue weighted by Gasteiger charge is -2.15. The van der Waals surface area contributed by atoms with Crippen molar-refractivity contribution in [2.75, 3.05) is 23.9 Å². The first-order chi connectivity index (χ1) is 7.29. The molecule has 0 spiro atoms. The summed E-state index contributed by atoms with van der Waals surface area (Å²) in [6.07, 6.45) is 4.56. The highest BCUT2D eigenvalue weighted by Gasteiger charge is 2.23. The average molecular weight is 230 g/mol. The zero-order chi connectivity index (χ0) is 10.7. The highest BCUT2D eigenvalue weighted by atomic mass is 35.5. The molecular weight excluding hydrogens is 217 g/mol. The normalized spacial score (nSPS) is 20.9. The van der Waals surface area contributed by atoms with Gasteiger partial charge in [-0.15, -0.1) is 11.6 Å². The largest absolute Gasteiger partial charge is 0.341 e. The number of halogens is 2. The van der Waals surface area contributed by atoms with Gasteiger partial charge < -0.3 is 4.90 Å². The summed E-state index contributed by atoms with van der Waals surface area (Å²) in [6.45, 7) is 1.87. The molecule has 3 nitrogen and oxygen atoms in total. The van der Waals surface area contributed by atoms with Gasteiger partial charge in [0, 0.05) is 19.0 Å². The number of hydrogen-bond donors (Lipinski definition) is 0. The summed E-state index contributed by atoms with van der Waals surface area (Å²) >= 11 is 5.70. The summed E-state index contributed by atoms with van der Waals surface area (Å²) in [5, 5.41) is 0. The lowest BCUT2D eigenvalue weighted by atomic mass is 10.1. The first-order valence-electron chi connectivity index (χ1n) is 5.08. The second-order valence-corrected chi connectivity index (χ2v) is 4.16. The zero-order valence-corrected chi connectivity index (χ0v) is 9.12. The molecule has 1 saturated heterocycles. The van der Waals surface area contributed by atoms with Gasteiger partial charge in [-0.05, 0) is 18.8 Å². The average Bonchev–Trinajstić information content (AvgIpc) is 2.68. The van der Waals surface area contributed by atoms with E-state index in [0.717, 1.165) is 25.9 Å². The third-order valence-electron chi connectivity index (χ3n) is 2.69. The maximum Gasteiger partial charge on any atom is 0.225 e. The number of aromatic nitrogens is 2. The van der Waals surface area contributed by atoms with E-state index in [2.05, 4.69) is 14.9 Å². The van der Waals surface area contributed by atoms with Gasteiger partial charge in [-0.3, -0.25) is 0 Å². The Balaban J connectivity index is 1.98. The molecule has 0 bridgehead atoms. The van der Waals surface area contributed by atoms with Gasteiger partial charge in [0.15, 0.2) is 5.82 Å². The van der Waals surface area contributed by atoms with Crippen LogP contribution in [0.4, 0.5) is 10.3 Å². The summed E-state index contributed by atoms with van der Waals surface area (Å²) in [5.41, 5.74) is 0. The van der Waals surface area contributed by atoms with Crippen LogP contribution in [-0.2, 0) is 0 Å². The molecule has 1 aliphatic heterocycles. The Labute approximate surface area is 93.3 Å². The second-order valence-electron chi connectivity index (χ2n) is 3.78. The molecule has 0 N–H and O–H groups in total. The highest BCUT2D eigenvalue weighted by Crippen LogP contribution is 2.22. The molecule has 1 aliphatic rings. The van der Waals surface area contributed by atoms with E-state index in [9.17, 15) is 4.39 Å². The Morgan fingerprint density at radius 2 is 2.20 bits per heavy atom. The monoisotopic (exact) mass is 229 g/mol. The van der Waals surface area contributed by atoms with Crippen molar-refractivity contribution < 1.29 is 4.39 Å². The maximum absolute atomic E-state index is 12.6. The summed E-state index contributed by atoms with van der Waals surface area (Å²) < 4.78 is 12.6. The molecule has 0 radical (unpaired) electrons. The summed E-state index contributed by atoms with van der Waals surface area (Å²) in [6, 6.07) is 0. The predicted molar refractivity (Wildman–Crippen MR) is 57.6 cm³/mol. The molecule has 2 rings (SSSR count). The highest BCUT2D eigenvalue weighted by molar-refractivity contribution is 6.17. The topological polar surface area (TPSA) is 29.0 Å². The van der Waals surface area contributed by atoms with E-state index >= 15 is 0 Å². The number of nitrogens with zero attached hydrogens (tertiary/aromatic N) is 3. The lowest BCUT2D eigenvalue weighted by molar-refractivity contribution is 0.571. The lowest BCUT2D eigenvalue weighted by Crippen LogP contribution is -2.22. The van der Waals surface area contributed by atoms with Gasteiger partial charge in [0.25, 0.3) is 0 Å². The Morgan fingerprint density at radius 3 is 2.87 bits per heavy atom. The van der Waals surface area contributed by atoms with Gasteiger partial charge in [0.2, 0.25) is 5.95 Å². The molecule has 1 unspecified atom stereocenters. The van der Waals surface area contributed by atoms with E-state index in [4.69, 9.17) is 11.6 Å². The molecule has 0 aromatic carbocycles. The van der Waals surface area contributed by atoms with Crippen LogP contribution in [0, 0.1) is 11.7 Å². The number of hydrogen-bond acceptors (Lipinski definition) is 3. The summed E-state index contributed by atoms with van der Waals surface area (Å²) in [4.78, 5) is 10.0. The van der Waals surface area contributed by atoms with E-state index in [1.165, 1.54) is 12.4 Å². The fraction of sp³-hybridized carbons (Fsp3) is 0.600. The van der Waals surface area contributed by atoms with E-state index in [1.54, 1.807) is 0 Å². The number of rotatable bonds is 3. The van der Waals surface area contributed by atoms with Crippen molar-refractivity contribution in [1.29, 1.82) is 0 Å². The molecule has 1 aromatic heterocycles. The molecule has 82 valence electrons. The maximum atomic E-state index is 12.6. The molecule has 5 heteroatoms. The minimum Gasteiger partial charge on any atom is -0.341 e. The molecule has 0 saturated carbocycles. The van der Waals surface area contributed by atoms with Gasteiger partial charge in [0.05, 0.1) is 12.4 Å². The van der Waals surface area contributed by atoms with E-state index in [0.29, 0.717) is 17.7 Å². The summed E-state index contributed by atoms with van der Waals surface area (Å²) in [7, 11) is 0. The first-order valence-corrected chi connectivity index (χ1v) is 5.61. The summed E-state index contributed by atoms with van der Waals surface area (Å²) in [5.74, 6) is 1.54. The van der Waals surface area contributed by atoms with Crippen molar-refractivity contribution >= 4 is 17.5 Å². The van der Waals surface area contributed by atoms with Crippen LogP contribution in [-0.4, -0.2) is 28.9 Å². The minimum atomic E-state index is -0.393. The second kappa shape index (κ2) is 4.75. The van der Waals surface area contributed by atoms with Gasteiger partial charge in [-0.2, -0.15) is 0 Å². The van der Waals surface area contributed by atoms with Crippen LogP contribution in [0.3, 0.4) is 0 Å². The van der Waals surface area contributed by atoms with Crippen molar-refractivity contribution in [3.8, 4) is 0 Å². The van der Waals surface area contributed by atoms with Crippen LogP contribution >= 0.6 is 11.6 Å². The minimum absolute atomic E-state index is 0.393. The van der Waals surface area contributed by atoms with Crippen LogP contribution in [0.25, 0.3) is 0 Å². The first kappa shape index (κ1) is 10.6. The van der Waals surface area contributed by atoms with E-state index in [-0.39, 0.29) is 0 Å². The Morgan fingerprint density at radius 1 is 1.47 bits per heavy atom. The molecule has 1 fully saturated rings. The molecule has 0 amide bonds. The molecule has 15 heavy (non-hydrogen) atoms. The Bertz CT molecular complexity index is 317. The van der Waals surface area contributed by atoms with Crippen molar-refractivity contribution in [3.63, 3.8) is 0 Å². The zero-order valence-electron chi connectivity index (χ0n) is 8.37. The quantitative estimate of drug-likeness (QED) is 0.743. The molecule has 2 heterocycles. The Hall–Kier alpha value is -0.900. The standard InChI is InChI=1S/C10H13ClFN3/c11-3-1-8-2-4-15(7-8)10-13-5-9(12)6-14-10/h5-6,8H,1-4,7H2. The van der Waals surface area contributed by atoms with Crippen LogP contribution < -0.4 is 4.90 Å². The Kier molecular flexibility index (Phi) is 3.36. The smallest absolute Gasteiger partial charge is 0.225 e. The third-order valence-corrected chi connectivity index (χ3v) is 2.91. The van der Waals surface area contributed by atoms with Crippen molar-refractivity contribution in [3.05, 3.63) is 18.2 Å². The van der Waals surface area contributed by atoms with Crippen LogP contribution in [0.15, 0.2) is 12.4 Å². The number of alkyl halides is 1. The molecule has 0 aliphatic carbocycles. The fourth-order valence-corrected chi connectivity index (χ4v) is 2.18. The van der Waals surface area contributed by atoms with Gasteiger partial charge in [0.1, 0.15) is 0 Å². The van der Waals surface area contributed by atoms with Crippen molar-refractivity contribution in [1.82, 2.24) is 9.97 Å². The van der Waals surface area contributed by atoms with Crippen molar-refractivity contribution in [2.24, 2.45) is 5.92 Å². The predicted octanol–water partition coefficient (Wildman–Crippen LogP) is 2.07. The van der Waals surface area contributed by atoms with Crippen molar-refractivity contribution in [2.45, 2.75) is 12.8 Å².